The number of hydrogen-bond acceptors (Lipinski definition) is 3. The van der Waals surface area contributed by atoms with Crippen LogP contribution in [0.1, 0.15) is 16.1 Å². The Labute approximate surface area is 154 Å². The van der Waals surface area contributed by atoms with E-state index in [4.69, 9.17) is 4.42 Å². The van der Waals surface area contributed by atoms with Crippen LogP contribution in [0.2, 0.25) is 0 Å². The highest BCUT2D eigenvalue weighted by Crippen LogP contribution is 2.19. The molecule has 0 spiro atoms. The average molecular weight is 407 g/mol. The lowest BCUT2D eigenvalue weighted by atomic mass is 10.2. The molecule has 132 valence electrons. The van der Waals surface area contributed by atoms with Gasteiger partial charge in [-0.05, 0) is 42.8 Å². The fourth-order valence-electron chi connectivity index (χ4n) is 2.91. The van der Waals surface area contributed by atoms with E-state index in [-0.39, 0.29) is 11.8 Å². The molecule has 0 bridgehead atoms. The van der Waals surface area contributed by atoms with Crippen LogP contribution in [0, 0.1) is 6.92 Å². The number of carbonyl (C=O) groups is 2. The fraction of sp³-hybridized carbons (Fsp3) is 0.333. The van der Waals surface area contributed by atoms with Gasteiger partial charge in [-0.15, -0.1) is 0 Å². The summed E-state index contributed by atoms with van der Waals surface area (Å²) >= 11 is 3.45. The van der Waals surface area contributed by atoms with Gasteiger partial charge < -0.3 is 19.5 Å². The molecule has 7 heteroatoms. The van der Waals surface area contributed by atoms with Crippen molar-refractivity contribution in [2.75, 3.05) is 38.0 Å². The number of benzene rings is 1. The molecule has 1 fully saturated rings. The topological polar surface area (TPSA) is 67.0 Å². The predicted octanol–water partition coefficient (Wildman–Crippen LogP) is 1.33. The summed E-state index contributed by atoms with van der Waals surface area (Å²) in [6, 6.07) is 9.14. The Kier molecular flexibility index (Phi) is 5.55. The highest BCUT2D eigenvalue weighted by molar-refractivity contribution is 9.10. The maximum Gasteiger partial charge on any atom is 0.289 e. The van der Waals surface area contributed by atoms with E-state index in [0.29, 0.717) is 25.4 Å². The Morgan fingerprint density at radius 3 is 2.68 bits per heavy atom. The standard InChI is InChI=1S/C18H20BrN3O3/c1-13-11-14(4-5-15(13)19)20-17(23)12-21-6-8-22(9-7-21)18(24)16-3-2-10-25-16/h2-5,10-11H,6-9,12H2,1H3,(H,20,23)/p+1. The Balaban J connectivity index is 1.47. The lowest BCUT2D eigenvalue weighted by molar-refractivity contribution is -0.895. The Hall–Kier alpha value is -2.12. The van der Waals surface area contributed by atoms with Gasteiger partial charge in [0.15, 0.2) is 12.3 Å². The van der Waals surface area contributed by atoms with E-state index in [0.717, 1.165) is 28.8 Å². The summed E-state index contributed by atoms with van der Waals surface area (Å²) in [5, 5.41) is 2.94. The van der Waals surface area contributed by atoms with Crippen LogP contribution in [-0.4, -0.2) is 49.4 Å². The molecule has 6 nitrogen and oxygen atoms in total. The number of amides is 2. The summed E-state index contributed by atoms with van der Waals surface area (Å²) < 4.78 is 6.18. The molecule has 0 atom stereocenters. The van der Waals surface area contributed by atoms with Crippen LogP contribution in [0.5, 0.6) is 0 Å². The van der Waals surface area contributed by atoms with Crippen molar-refractivity contribution in [2.24, 2.45) is 0 Å². The fourth-order valence-corrected chi connectivity index (χ4v) is 3.16. The molecule has 0 aliphatic carbocycles. The molecular weight excluding hydrogens is 386 g/mol. The van der Waals surface area contributed by atoms with E-state index < -0.39 is 0 Å². The second-order valence-electron chi connectivity index (χ2n) is 6.21. The smallest absolute Gasteiger partial charge is 0.289 e. The van der Waals surface area contributed by atoms with Crippen LogP contribution in [0.3, 0.4) is 0 Å². The number of furan rings is 1. The number of nitrogens with zero attached hydrogens (tertiary/aromatic N) is 1. The zero-order valence-electron chi connectivity index (χ0n) is 14.0. The number of hydrogen-bond donors (Lipinski definition) is 2. The van der Waals surface area contributed by atoms with Crippen molar-refractivity contribution < 1.29 is 18.9 Å². The minimum atomic E-state index is -0.0844. The first-order chi connectivity index (χ1) is 12.0. The average Bonchev–Trinajstić information content (AvgIpc) is 3.13. The third-order valence-electron chi connectivity index (χ3n) is 4.34. The lowest BCUT2D eigenvalue weighted by Gasteiger charge is -2.31. The summed E-state index contributed by atoms with van der Waals surface area (Å²) in [5.74, 6) is 0.271. The minimum Gasteiger partial charge on any atom is -0.459 e. The van der Waals surface area contributed by atoms with Crippen LogP contribution in [-0.2, 0) is 4.79 Å². The Morgan fingerprint density at radius 1 is 1.28 bits per heavy atom. The molecule has 1 aromatic carbocycles. The van der Waals surface area contributed by atoms with Crippen LogP contribution >= 0.6 is 15.9 Å². The lowest BCUT2D eigenvalue weighted by Crippen LogP contribution is -3.15. The zero-order chi connectivity index (χ0) is 17.8. The number of halogens is 1. The number of rotatable bonds is 4. The second-order valence-corrected chi connectivity index (χ2v) is 7.06. The van der Waals surface area contributed by atoms with E-state index in [2.05, 4.69) is 21.2 Å². The molecule has 1 saturated heterocycles. The molecular formula is C18H21BrN3O3+. The van der Waals surface area contributed by atoms with Crippen LogP contribution in [0.15, 0.2) is 45.5 Å². The van der Waals surface area contributed by atoms with E-state index in [9.17, 15) is 9.59 Å². The number of aryl methyl sites for hydroxylation is 1. The highest BCUT2D eigenvalue weighted by atomic mass is 79.9. The van der Waals surface area contributed by atoms with E-state index in [1.54, 1.807) is 17.0 Å². The van der Waals surface area contributed by atoms with E-state index in [1.165, 1.54) is 11.2 Å². The summed E-state index contributed by atoms with van der Waals surface area (Å²) in [4.78, 5) is 27.4. The number of anilines is 1. The van der Waals surface area contributed by atoms with Gasteiger partial charge in [0.25, 0.3) is 11.8 Å². The van der Waals surface area contributed by atoms with Crippen LogP contribution < -0.4 is 10.2 Å². The normalized spacial score (nSPS) is 15.2. The van der Waals surface area contributed by atoms with E-state index >= 15 is 0 Å². The minimum absolute atomic E-state index is 0.0115. The maximum absolute atomic E-state index is 12.2. The van der Waals surface area contributed by atoms with Crippen molar-refractivity contribution in [3.8, 4) is 0 Å². The first-order valence-corrected chi connectivity index (χ1v) is 9.04. The quantitative estimate of drug-likeness (QED) is 0.804. The molecule has 0 saturated carbocycles. The molecule has 1 aliphatic rings. The third kappa shape index (κ3) is 4.49. The van der Waals surface area contributed by atoms with E-state index in [1.807, 2.05) is 25.1 Å². The molecule has 1 aromatic heterocycles. The summed E-state index contributed by atoms with van der Waals surface area (Å²) in [7, 11) is 0. The van der Waals surface area contributed by atoms with Gasteiger partial charge in [-0.1, -0.05) is 15.9 Å². The first-order valence-electron chi connectivity index (χ1n) is 8.25. The van der Waals surface area contributed by atoms with Crippen molar-refractivity contribution in [3.05, 3.63) is 52.4 Å². The zero-order valence-corrected chi connectivity index (χ0v) is 15.6. The highest BCUT2D eigenvalue weighted by Gasteiger charge is 2.27. The van der Waals surface area contributed by atoms with Crippen molar-refractivity contribution in [1.82, 2.24) is 4.90 Å². The van der Waals surface area contributed by atoms with Crippen molar-refractivity contribution in [1.29, 1.82) is 0 Å². The van der Waals surface area contributed by atoms with Crippen molar-refractivity contribution in [3.63, 3.8) is 0 Å². The maximum atomic E-state index is 12.2. The van der Waals surface area contributed by atoms with Crippen molar-refractivity contribution >= 4 is 33.4 Å². The van der Waals surface area contributed by atoms with Gasteiger partial charge in [0.2, 0.25) is 0 Å². The monoisotopic (exact) mass is 406 g/mol. The third-order valence-corrected chi connectivity index (χ3v) is 5.23. The summed E-state index contributed by atoms with van der Waals surface area (Å²) in [5.41, 5.74) is 1.88. The second kappa shape index (κ2) is 7.84. The van der Waals surface area contributed by atoms with Gasteiger partial charge in [-0.2, -0.15) is 0 Å². The number of carbonyl (C=O) groups excluding carboxylic acids is 2. The van der Waals surface area contributed by atoms with Gasteiger partial charge in [-0.3, -0.25) is 9.59 Å². The number of quaternary nitrogens is 1. The Morgan fingerprint density at radius 2 is 2.04 bits per heavy atom. The predicted molar refractivity (Wildman–Crippen MR) is 97.7 cm³/mol. The van der Waals surface area contributed by atoms with Gasteiger partial charge in [0.05, 0.1) is 32.4 Å². The number of piperazine rings is 1. The molecule has 2 aromatic rings. The molecule has 0 unspecified atom stereocenters. The molecule has 2 heterocycles. The molecule has 2 amide bonds. The van der Waals surface area contributed by atoms with Gasteiger partial charge >= 0.3 is 0 Å². The largest absolute Gasteiger partial charge is 0.459 e. The molecule has 25 heavy (non-hydrogen) atoms. The van der Waals surface area contributed by atoms with Crippen LogP contribution in [0.25, 0.3) is 0 Å². The molecule has 0 radical (unpaired) electrons. The Bertz CT molecular complexity index is 753. The molecule has 1 aliphatic heterocycles. The van der Waals surface area contributed by atoms with Crippen LogP contribution in [0.4, 0.5) is 5.69 Å². The number of nitrogens with one attached hydrogen (secondary N) is 2. The molecule has 3 rings (SSSR count). The summed E-state index contributed by atoms with van der Waals surface area (Å²) in [6.07, 6.45) is 1.50. The summed E-state index contributed by atoms with van der Waals surface area (Å²) in [6.45, 7) is 5.13. The van der Waals surface area contributed by atoms with Gasteiger partial charge in [0, 0.05) is 10.2 Å². The van der Waals surface area contributed by atoms with Crippen molar-refractivity contribution in [2.45, 2.75) is 6.92 Å². The SMILES string of the molecule is Cc1cc(NC(=O)C[NH+]2CCN(C(=O)c3ccco3)CC2)ccc1Br. The molecule has 2 N–H and O–H groups in total. The first kappa shape index (κ1) is 17.7. The van der Waals surface area contributed by atoms with Gasteiger partial charge in [-0.25, -0.2) is 0 Å². The van der Waals surface area contributed by atoms with Gasteiger partial charge in [0.1, 0.15) is 0 Å².